The quantitative estimate of drug-likeness (QED) is 0.802. The molecule has 2 aromatic heterocycles. The van der Waals surface area contributed by atoms with E-state index in [0.29, 0.717) is 13.1 Å². The smallest absolute Gasteiger partial charge is 0.358 e. The minimum atomic E-state index is -1.14. The van der Waals surface area contributed by atoms with E-state index in [-0.39, 0.29) is 17.2 Å². The Bertz CT molecular complexity index is 599. The van der Waals surface area contributed by atoms with Gasteiger partial charge in [0.2, 0.25) is 0 Å². The van der Waals surface area contributed by atoms with Gasteiger partial charge in [-0.05, 0) is 6.92 Å². The molecule has 0 aliphatic heterocycles. The zero-order valence-corrected chi connectivity index (χ0v) is 10.0. The van der Waals surface area contributed by atoms with Crippen LogP contribution in [0.2, 0.25) is 0 Å². The molecule has 2 N–H and O–H groups in total. The van der Waals surface area contributed by atoms with Gasteiger partial charge in [-0.15, -0.1) is 5.10 Å². The van der Waals surface area contributed by atoms with E-state index in [1.165, 1.54) is 17.2 Å². The van der Waals surface area contributed by atoms with Gasteiger partial charge < -0.3 is 10.4 Å². The third-order valence-corrected chi connectivity index (χ3v) is 2.35. The van der Waals surface area contributed by atoms with E-state index in [0.717, 1.165) is 0 Å². The number of nitrogens with one attached hydrogen (secondary N) is 1. The first-order valence-corrected chi connectivity index (χ1v) is 5.42. The fraction of sp³-hybridized carbons (Fsp3) is 0.300. The number of carbonyl (C=O) groups is 1. The average Bonchev–Trinajstić information content (AvgIpc) is 2.83. The summed E-state index contributed by atoms with van der Waals surface area (Å²) in [4.78, 5) is 18.1. The molecule has 19 heavy (non-hydrogen) atoms. The molecular weight excluding hydrogens is 255 g/mol. The monoisotopic (exact) mass is 266 g/mol. The van der Waals surface area contributed by atoms with Gasteiger partial charge in [-0.3, -0.25) is 0 Å². The molecule has 0 saturated heterocycles. The molecule has 2 rings (SSSR count). The van der Waals surface area contributed by atoms with Crippen LogP contribution < -0.4 is 5.32 Å². The Balaban J connectivity index is 1.92. The van der Waals surface area contributed by atoms with Crippen molar-refractivity contribution in [2.45, 2.75) is 13.5 Å². The van der Waals surface area contributed by atoms with E-state index in [9.17, 15) is 9.18 Å². The first-order chi connectivity index (χ1) is 9.08. The van der Waals surface area contributed by atoms with E-state index in [1.807, 2.05) is 0 Å². The van der Waals surface area contributed by atoms with Crippen molar-refractivity contribution in [1.29, 1.82) is 0 Å². The van der Waals surface area contributed by atoms with Crippen molar-refractivity contribution >= 4 is 11.8 Å². The Morgan fingerprint density at radius 3 is 3.00 bits per heavy atom. The molecule has 0 aliphatic rings. The second-order valence-electron chi connectivity index (χ2n) is 3.72. The minimum Gasteiger partial charge on any atom is -0.476 e. The molecule has 0 unspecified atom stereocenters. The highest BCUT2D eigenvalue weighted by molar-refractivity contribution is 5.84. The van der Waals surface area contributed by atoms with Crippen LogP contribution >= 0.6 is 0 Å². The van der Waals surface area contributed by atoms with Crippen molar-refractivity contribution in [3.63, 3.8) is 0 Å². The summed E-state index contributed by atoms with van der Waals surface area (Å²) < 4.78 is 14.9. The van der Waals surface area contributed by atoms with Crippen molar-refractivity contribution < 1.29 is 14.3 Å². The molecule has 2 heterocycles. The van der Waals surface area contributed by atoms with Crippen molar-refractivity contribution in [3.05, 3.63) is 29.7 Å². The average molecular weight is 266 g/mol. The third kappa shape index (κ3) is 3.00. The number of hydrogen-bond acceptors (Lipinski definition) is 6. The molecule has 0 saturated carbocycles. The SMILES string of the molecule is Cc1ncnc(NCCn2cc(C(=O)O)nn2)c1F. The Morgan fingerprint density at radius 1 is 1.53 bits per heavy atom. The molecule has 8 nitrogen and oxygen atoms in total. The Labute approximate surface area is 107 Å². The molecule has 0 atom stereocenters. The summed E-state index contributed by atoms with van der Waals surface area (Å²) in [6.45, 7) is 2.21. The lowest BCUT2D eigenvalue weighted by molar-refractivity contribution is 0.0690. The van der Waals surface area contributed by atoms with E-state index in [2.05, 4.69) is 25.6 Å². The lowest BCUT2D eigenvalue weighted by Gasteiger charge is -2.06. The van der Waals surface area contributed by atoms with Gasteiger partial charge in [-0.2, -0.15) is 0 Å². The molecular formula is C10H11FN6O2. The summed E-state index contributed by atoms with van der Waals surface area (Å²) in [5, 5.41) is 18.5. The number of anilines is 1. The number of halogens is 1. The molecule has 0 amide bonds. The molecule has 2 aromatic rings. The standard InChI is InChI=1S/C10H11FN6O2/c1-6-8(11)9(14-5-13-6)12-2-3-17-4-7(10(18)19)15-16-17/h4-5H,2-3H2,1H3,(H,18,19)(H,12,13,14). The first-order valence-electron chi connectivity index (χ1n) is 5.42. The second-order valence-corrected chi connectivity index (χ2v) is 3.72. The minimum absolute atomic E-state index is 0.103. The molecule has 0 radical (unpaired) electrons. The molecule has 0 spiro atoms. The van der Waals surface area contributed by atoms with Crippen molar-refractivity contribution in [3.8, 4) is 0 Å². The summed E-state index contributed by atoms with van der Waals surface area (Å²) in [5.41, 5.74) is 0.121. The second kappa shape index (κ2) is 5.38. The number of nitrogens with zero attached hydrogens (tertiary/aromatic N) is 5. The fourth-order valence-electron chi connectivity index (χ4n) is 1.38. The van der Waals surface area contributed by atoms with Gasteiger partial charge >= 0.3 is 5.97 Å². The third-order valence-electron chi connectivity index (χ3n) is 2.35. The topological polar surface area (TPSA) is 106 Å². The predicted octanol–water partition coefficient (Wildman–Crippen LogP) is 0.326. The summed E-state index contributed by atoms with van der Waals surface area (Å²) in [7, 11) is 0. The van der Waals surface area contributed by atoms with Crippen molar-refractivity contribution in [2.75, 3.05) is 11.9 Å². The van der Waals surface area contributed by atoms with Gasteiger partial charge in [0, 0.05) is 6.54 Å². The highest BCUT2D eigenvalue weighted by Gasteiger charge is 2.09. The molecule has 100 valence electrons. The molecule has 0 aliphatic carbocycles. The zero-order valence-electron chi connectivity index (χ0n) is 10.0. The highest BCUT2D eigenvalue weighted by atomic mass is 19.1. The number of aromatic carboxylic acids is 1. The largest absolute Gasteiger partial charge is 0.476 e. The van der Waals surface area contributed by atoms with Crippen LogP contribution in [0.5, 0.6) is 0 Å². The predicted molar refractivity (Wildman–Crippen MR) is 62.2 cm³/mol. The van der Waals surface area contributed by atoms with E-state index < -0.39 is 11.8 Å². The maximum atomic E-state index is 13.5. The lowest BCUT2D eigenvalue weighted by atomic mass is 10.4. The number of carboxylic acid groups (broad SMARTS) is 1. The lowest BCUT2D eigenvalue weighted by Crippen LogP contribution is -2.13. The van der Waals surface area contributed by atoms with E-state index >= 15 is 0 Å². The van der Waals surface area contributed by atoms with Crippen molar-refractivity contribution in [1.82, 2.24) is 25.0 Å². The van der Waals surface area contributed by atoms with Crippen LogP contribution in [-0.4, -0.2) is 42.6 Å². The van der Waals surface area contributed by atoms with E-state index in [4.69, 9.17) is 5.11 Å². The highest BCUT2D eigenvalue weighted by Crippen LogP contribution is 2.10. The number of aryl methyl sites for hydroxylation is 1. The zero-order chi connectivity index (χ0) is 13.8. The van der Waals surface area contributed by atoms with Crippen LogP contribution in [-0.2, 0) is 6.54 Å². The number of aromatic nitrogens is 5. The van der Waals surface area contributed by atoms with Gasteiger partial charge in [-0.1, -0.05) is 5.21 Å². The van der Waals surface area contributed by atoms with Gasteiger partial charge in [0.05, 0.1) is 18.4 Å². The van der Waals surface area contributed by atoms with Gasteiger partial charge in [0.15, 0.2) is 17.3 Å². The van der Waals surface area contributed by atoms with Gasteiger partial charge in [0.25, 0.3) is 0 Å². The number of rotatable bonds is 5. The van der Waals surface area contributed by atoms with Crippen LogP contribution in [0.15, 0.2) is 12.5 Å². The normalized spacial score (nSPS) is 10.4. The Kier molecular flexibility index (Phi) is 3.64. The van der Waals surface area contributed by atoms with Crippen LogP contribution in [0.3, 0.4) is 0 Å². The van der Waals surface area contributed by atoms with Gasteiger partial charge in [-0.25, -0.2) is 23.8 Å². The first kappa shape index (κ1) is 12.9. The van der Waals surface area contributed by atoms with Crippen LogP contribution in [0.4, 0.5) is 10.2 Å². The van der Waals surface area contributed by atoms with Crippen LogP contribution in [0.25, 0.3) is 0 Å². The summed E-state index contributed by atoms with van der Waals surface area (Å²) in [6, 6.07) is 0. The van der Waals surface area contributed by atoms with Crippen LogP contribution in [0.1, 0.15) is 16.2 Å². The van der Waals surface area contributed by atoms with Gasteiger partial charge in [0.1, 0.15) is 6.33 Å². The van der Waals surface area contributed by atoms with E-state index in [1.54, 1.807) is 6.92 Å². The maximum Gasteiger partial charge on any atom is 0.358 e. The number of hydrogen-bond donors (Lipinski definition) is 2. The molecule has 0 fully saturated rings. The summed E-state index contributed by atoms with van der Waals surface area (Å²) in [6.07, 6.45) is 2.56. The molecule has 0 aromatic carbocycles. The summed E-state index contributed by atoms with van der Waals surface area (Å²) >= 11 is 0. The summed E-state index contributed by atoms with van der Waals surface area (Å²) in [5.74, 6) is -1.55. The van der Waals surface area contributed by atoms with Crippen LogP contribution in [0, 0.1) is 12.7 Å². The Hall–Kier alpha value is -2.58. The maximum absolute atomic E-state index is 13.5. The number of carboxylic acids is 1. The molecule has 9 heteroatoms. The fourth-order valence-corrected chi connectivity index (χ4v) is 1.38. The van der Waals surface area contributed by atoms with Crippen molar-refractivity contribution in [2.24, 2.45) is 0 Å². The molecule has 0 bridgehead atoms. The Morgan fingerprint density at radius 2 is 2.32 bits per heavy atom.